The van der Waals surface area contributed by atoms with Gasteiger partial charge in [-0.2, -0.15) is 0 Å². The molecule has 4 rings (SSSR count). The fourth-order valence-corrected chi connectivity index (χ4v) is 3.64. The maximum atomic E-state index is 6.04. The monoisotopic (exact) mass is 381 g/mol. The molecule has 7 heteroatoms. The molecule has 2 aromatic heterocycles. The van der Waals surface area contributed by atoms with Gasteiger partial charge in [-0.05, 0) is 30.0 Å². The van der Waals surface area contributed by atoms with Crippen LogP contribution in [-0.2, 0) is 11.3 Å². The molecule has 1 aromatic carbocycles. The average molecular weight is 382 g/mol. The predicted octanol–water partition coefficient (Wildman–Crippen LogP) is 4.45. The Balaban J connectivity index is 1.61. The first-order valence-electron chi connectivity index (χ1n) is 9.20. The number of H-pyrrole nitrogens is 1. The number of ether oxygens (including phenoxy) is 1. The average Bonchev–Trinajstić information content (AvgIpc) is 3.38. The summed E-state index contributed by atoms with van der Waals surface area (Å²) >= 11 is 1.68. The van der Waals surface area contributed by atoms with Crippen LogP contribution >= 0.6 is 11.3 Å². The van der Waals surface area contributed by atoms with Gasteiger partial charge in [0.2, 0.25) is 12.2 Å². The first kappa shape index (κ1) is 17.6. The van der Waals surface area contributed by atoms with Crippen LogP contribution in [0.3, 0.4) is 0 Å². The zero-order valence-corrected chi connectivity index (χ0v) is 16.1. The topological polar surface area (TPSA) is 65.5 Å². The maximum absolute atomic E-state index is 6.04. The number of hydrogen-bond acceptors (Lipinski definition) is 6. The van der Waals surface area contributed by atoms with E-state index in [0.717, 1.165) is 41.5 Å². The van der Waals surface area contributed by atoms with E-state index in [1.807, 2.05) is 41.8 Å². The largest absolute Gasteiger partial charge is 0.470 e. The number of nitrogens with one attached hydrogen (secondary N) is 2. The molecule has 1 aliphatic rings. The van der Waals surface area contributed by atoms with Crippen molar-refractivity contribution in [3.8, 4) is 0 Å². The molecule has 1 aliphatic heterocycles. The zero-order valence-electron chi connectivity index (χ0n) is 15.3. The van der Waals surface area contributed by atoms with Crippen molar-refractivity contribution in [2.24, 2.45) is 4.99 Å². The number of imidazole rings is 1. The number of thiophene rings is 1. The fourth-order valence-electron chi connectivity index (χ4n) is 3.02. The summed E-state index contributed by atoms with van der Waals surface area (Å²) in [5.41, 5.74) is 1.79. The molecule has 0 saturated carbocycles. The van der Waals surface area contributed by atoms with Crippen LogP contribution in [0.1, 0.15) is 30.3 Å². The Morgan fingerprint density at radius 3 is 2.89 bits per heavy atom. The van der Waals surface area contributed by atoms with Gasteiger partial charge in [-0.1, -0.05) is 37.6 Å². The number of aliphatic imine (C=N–C) groups is 1. The first-order chi connectivity index (χ1) is 13.3. The summed E-state index contributed by atoms with van der Waals surface area (Å²) in [7, 11) is 0. The lowest BCUT2D eigenvalue weighted by Gasteiger charge is -2.34. The third-order valence-corrected chi connectivity index (χ3v) is 5.25. The van der Waals surface area contributed by atoms with Crippen LogP contribution in [0.25, 0.3) is 0 Å². The van der Waals surface area contributed by atoms with E-state index in [0.29, 0.717) is 12.5 Å². The van der Waals surface area contributed by atoms with Gasteiger partial charge in [-0.15, -0.1) is 11.3 Å². The number of rotatable bonds is 7. The lowest BCUT2D eigenvalue weighted by Crippen LogP contribution is -2.45. The minimum atomic E-state index is -0.245. The van der Waals surface area contributed by atoms with Gasteiger partial charge in [-0.25, -0.2) is 9.98 Å². The van der Waals surface area contributed by atoms with E-state index in [2.05, 4.69) is 33.2 Å². The zero-order chi connectivity index (χ0) is 18.5. The summed E-state index contributed by atoms with van der Waals surface area (Å²) in [5, 5.41) is 5.56. The van der Waals surface area contributed by atoms with Crippen LogP contribution in [0, 0.1) is 0 Å². The predicted molar refractivity (Wildman–Crippen MR) is 110 cm³/mol. The lowest BCUT2D eigenvalue weighted by atomic mass is 10.2. The van der Waals surface area contributed by atoms with E-state index in [1.54, 1.807) is 17.7 Å². The number of aromatic nitrogens is 2. The highest BCUT2D eigenvalue weighted by Crippen LogP contribution is 2.27. The number of unbranched alkanes of at least 4 members (excludes halogenated alkanes) is 1. The second-order valence-corrected chi connectivity index (χ2v) is 7.37. The number of nitrogens with zero attached hydrogens (tertiary/aromatic N) is 3. The van der Waals surface area contributed by atoms with Gasteiger partial charge in [0.15, 0.2) is 5.69 Å². The molecule has 0 radical (unpaired) electrons. The Labute approximate surface area is 162 Å². The van der Waals surface area contributed by atoms with Crippen molar-refractivity contribution < 1.29 is 4.74 Å². The van der Waals surface area contributed by atoms with Gasteiger partial charge >= 0.3 is 0 Å². The number of fused-ring (bicyclic) bond motifs is 1. The van der Waals surface area contributed by atoms with Crippen LogP contribution in [0.5, 0.6) is 0 Å². The second kappa shape index (κ2) is 8.26. The van der Waals surface area contributed by atoms with Gasteiger partial charge in [-0.3, -0.25) is 0 Å². The summed E-state index contributed by atoms with van der Waals surface area (Å²) in [4.78, 5) is 16.0. The molecule has 6 nitrogen and oxygen atoms in total. The van der Waals surface area contributed by atoms with E-state index < -0.39 is 0 Å². The Bertz CT molecular complexity index is 875. The van der Waals surface area contributed by atoms with Crippen molar-refractivity contribution in [1.82, 2.24) is 9.97 Å². The van der Waals surface area contributed by atoms with Crippen molar-refractivity contribution in [1.29, 1.82) is 0 Å². The quantitative estimate of drug-likeness (QED) is 0.635. The van der Waals surface area contributed by atoms with Crippen molar-refractivity contribution in [3.63, 3.8) is 0 Å². The molecule has 2 N–H and O–H groups in total. The molecule has 27 heavy (non-hydrogen) atoms. The van der Waals surface area contributed by atoms with Crippen LogP contribution in [0.2, 0.25) is 0 Å². The second-order valence-electron chi connectivity index (χ2n) is 6.33. The standard InChI is InChI=1S/C20H23N5OS/c1-2-3-11-25-18-17(21-14-22-18)19(26-13-16-10-7-12-27-16)24-20(25)23-15-8-5-4-6-9-15/h4-10,12,14,20,23H,2-3,11,13H2,1H3,(H,21,22). The molecular weight excluding hydrogens is 358 g/mol. The molecule has 0 aliphatic carbocycles. The minimum Gasteiger partial charge on any atom is -0.470 e. The van der Waals surface area contributed by atoms with E-state index in [1.165, 1.54) is 0 Å². The molecule has 1 unspecified atom stereocenters. The Morgan fingerprint density at radius 2 is 2.11 bits per heavy atom. The molecule has 0 bridgehead atoms. The highest BCUT2D eigenvalue weighted by atomic mass is 32.1. The summed E-state index contributed by atoms with van der Waals surface area (Å²) in [6.45, 7) is 3.57. The summed E-state index contributed by atoms with van der Waals surface area (Å²) in [5.74, 6) is 1.52. The first-order valence-corrected chi connectivity index (χ1v) is 10.1. The van der Waals surface area contributed by atoms with Crippen LogP contribution in [0.15, 0.2) is 59.2 Å². The number of aromatic amines is 1. The Morgan fingerprint density at radius 1 is 1.22 bits per heavy atom. The van der Waals surface area contributed by atoms with E-state index in [4.69, 9.17) is 9.73 Å². The van der Waals surface area contributed by atoms with Crippen LogP contribution < -0.4 is 10.2 Å². The molecule has 1 atom stereocenters. The molecule has 3 aromatic rings. The minimum absolute atomic E-state index is 0.245. The third-order valence-electron chi connectivity index (χ3n) is 4.40. The van der Waals surface area contributed by atoms with E-state index >= 15 is 0 Å². The molecule has 0 amide bonds. The fraction of sp³-hybridized carbons (Fsp3) is 0.300. The summed E-state index contributed by atoms with van der Waals surface area (Å²) in [6.07, 6.45) is 3.65. The number of hydrogen-bond donors (Lipinski definition) is 2. The molecule has 0 fully saturated rings. The molecule has 140 valence electrons. The highest BCUT2D eigenvalue weighted by Gasteiger charge is 2.31. The van der Waals surface area contributed by atoms with Gasteiger partial charge < -0.3 is 19.9 Å². The molecule has 3 heterocycles. The Kier molecular flexibility index (Phi) is 5.39. The van der Waals surface area contributed by atoms with Crippen LogP contribution in [0.4, 0.5) is 11.5 Å². The third kappa shape index (κ3) is 3.98. The van der Waals surface area contributed by atoms with Crippen molar-refractivity contribution in [2.45, 2.75) is 32.7 Å². The summed E-state index contributed by atoms with van der Waals surface area (Å²) in [6, 6.07) is 14.2. The number of benzene rings is 1. The lowest BCUT2D eigenvalue weighted by molar-refractivity contribution is 0.292. The maximum Gasteiger partial charge on any atom is 0.243 e. The van der Waals surface area contributed by atoms with Gasteiger partial charge in [0.05, 0.1) is 6.33 Å². The van der Waals surface area contributed by atoms with E-state index in [9.17, 15) is 0 Å². The van der Waals surface area contributed by atoms with Gasteiger partial charge in [0.1, 0.15) is 12.4 Å². The number of anilines is 2. The highest BCUT2D eigenvalue weighted by molar-refractivity contribution is 7.09. The smallest absolute Gasteiger partial charge is 0.243 e. The number of para-hydroxylation sites is 1. The molecule has 0 saturated heterocycles. The van der Waals surface area contributed by atoms with Crippen molar-refractivity contribution in [2.75, 3.05) is 16.8 Å². The molecule has 0 spiro atoms. The van der Waals surface area contributed by atoms with Gasteiger partial charge in [0.25, 0.3) is 0 Å². The van der Waals surface area contributed by atoms with Crippen LogP contribution in [-0.4, -0.2) is 28.7 Å². The van der Waals surface area contributed by atoms with Gasteiger partial charge in [0, 0.05) is 17.1 Å². The van der Waals surface area contributed by atoms with E-state index in [-0.39, 0.29) is 6.29 Å². The summed E-state index contributed by atoms with van der Waals surface area (Å²) < 4.78 is 6.04. The van der Waals surface area contributed by atoms with Crippen molar-refractivity contribution in [3.05, 3.63) is 64.7 Å². The normalized spacial score (nSPS) is 16.0. The van der Waals surface area contributed by atoms with Crippen molar-refractivity contribution >= 4 is 28.7 Å². The molecular formula is C20H23N5OS. The SMILES string of the molecule is CCCCN1c2[nH]cnc2C(OCc2cccs2)=NC1Nc1ccccc1. The Hall–Kier alpha value is -2.80.